The summed E-state index contributed by atoms with van der Waals surface area (Å²) in [5.41, 5.74) is 8.02. The quantitative estimate of drug-likeness (QED) is 0.581. The molecule has 0 unspecified atom stereocenters. The molecule has 1 fully saturated rings. The second kappa shape index (κ2) is 12.1. The second-order valence-corrected chi connectivity index (χ2v) is 5.04. The number of hydrogen-bond donors (Lipinski definition) is 3. The molecule has 4 N–H and O–H groups in total. The fourth-order valence-electron chi connectivity index (χ4n) is 2.60. The average Bonchev–Trinajstić information content (AvgIpc) is 3.07. The average molecular weight is 297 g/mol. The minimum absolute atomic E-state index is 0.250. The Morgan fingerprint density at radius 3 is 2.38 bits per heavy atom. The van der Waals surface area contributed by atoms with Gasteiger partial charge in [0.1, 0.15) is 0 Å². The largest absolute Gasteiger partial charge is 0.372 e. The van der Waals surface area contributed by atoms with Gasteiger partial charge in [-0.2, -0.15) is 0 Å². The van der Waals surface area contributed by atoms with Gasteiger partial charge < -0.3 is 15.5 Å². The molecule has 0 saturated heterocycles. The van der Waals surface area contributed by atoms with E-state index in [1.165, 1.54) is 44.8 Å². The number of aldehydes is 1. The Kier molecular flexibility index (Phi) is 11.2. The van der Waals surface area contributed by atoms with Crippen LogP contribution in [0.2, 0.25) is 0 Å². The van der Waals surface area contributed by atoms with E-state index in [9.17, 15) is 4.79 Å². The molecule has 0 bridgehead atoms. The van der Waals surface area contributed by atoms with Crippen molar-refractivity contribution in [3.05, 3.63) is 23.5 Å². The van der Waals surface area contributed by atoms with Crippen LogP contribution in [-0.2, 0) is 18.3 Å². The maximum absolute atomic E-state index is 10.6. The molecule has 1 amide bonds. The Morgan fingerprint density at radius 1 is 1.43 bits per heavy atom. The van der Waals surface area contributed by atoms with Crippen LogP contribution in [0.1, 0.15) is 48.2 Å². The smallest absolute Gasteiger partial charge is 0.204 e. The van der Waals surface area contributed by atoms with E-state index in [0.717, 1.165) is 24.2 Å². The summed E-state index contributed by atoms with van der Waals surface area (Å²) in [6.45, 7) is 0. The summed E-state index contributed by atoms with van der Waals surface area (Å²) in [5, 5.41) is 7.32. The number of primary amides is 1. The summed E-state index contributed by atoms with van der Waals surface area (Å²) in [4.78, 5) is 19.2. The standard InChI is InChI=1S/C13H19NO.CH5NO.CH3NO/c1-14-9-12(10-15)8-13(14)7-6-11-4-2-3-5-11;1-2-3;2-1-3/h8-11H,2-7H2,1H3;2-3H,1H3;1H,(H2,2,3). The monoisotopic (exact) mass is 297 g/mol. The molecular formula is C15H27N3O3. The predicted octanol–water partition coefficient (Wildman–Crippen LogP) is 1.66. The van der Waals surface area contributed by atoms with Crippen LogP contribution in [0.3, 0.4) is 0 Å². The van der Waals surface area contributed by atoms with Crippen LogP contribution < -0.4 is 11.2 Å². The number of amides is 1. The summed E-state index contributed by atoms with van der Waals surface area (Å²) < 4.78 is 2.08. The fraction of sp³-hybridized carbons (Fsp3) is 0.600. The van der Waals surface area contributed by atoms with E-state index < -0.39 is 0 Å². The maximum Gasteiger partial charge on any atom is 0.204 e. The van der Waals surface area contributed by atoms with Crippen LogP contribution >= 0.6 is 0 Å². The van der Waals surface area contributed by atoms with Crippen molar-refractivity contribution in [3.8, 4) is 0 Å². The Balaban J connectivity index is 0.000000578. The number of carbonyl (C=O) groups is 2. The molecule has 6 nitrogen and oxygen atoms in total. The van der Waals surface area contributed by atoms with Crippen molar-refractivity contribution in [1.82, 2.24) is 10.0 Å². The molecule has 6 heteroatoms. The van der Waals surface area contributed by atoms with E-state index in [1.807, 2.05) is 19.3 Å². The van der Waals surface area contributed by atoms with Gasteiger partial charge in [-0.3, -0.25) is 9.59 Å². The van der Waals surface area contributed by atoms with Crippen molar-refractivity contribution in [3.63, 3.8) is 0 Å². The molecule has 0 atom stereocenters. The third-order valence-corrected chi connectivity index (χ3v) is 3.55. The number of rotatable bonds is 4. The molecule has 1 aliphatic rings. The van der Waals surface area contributed by atoms with Gasteiger partial charge in [-0.25, -0.2) is 5.48 Å². The Hall–Kier alpha value is -1.66. The van der Waals surface area contributed by atoms with Crippen LogP contribution in [0.15, 0.2) is 12.3 Å². The van der Waals surface area contributed by atoms with Gasteiger partial charge in [0.25, 0.3) is 0 Å². The van der Waals surface area contributed by atoms with Gasteiger partial charge >= 0.3 is 0 Å². The molecule has 1 aliphatic carbocycles. The third-order valence-electron chi connectivity index (χ3n) is 3.55. The highest BCUT2D eigenvalue weighted by atomic mass is 16.5. The number of nitrogens with zero attached hydrogens (tertiary/aromatic N) is 1. The first-order valence-corrected chi connectivity index (χ1v) is 7.19. The Bertz CT molecular complexity index is 399. The Labute approximate surface area is 126 Å². The zero-order valence-electron chi connectivity index (χ0n) is 12.9. The normalized spacial score (nSPS) is 13.7. The van der Waals surface area contributed by atoms with Gasteiger partial charge in [0.05, 0.1) is 0 Å². The number of carbonyl (C=O) groups excluding carboxylic acids is 2. The number of aryl methyl sites for hydroxylation is 2. The van der Waals surface area contributed by atoms with E-state index in [4.69, 9.17) is 10.0 Å². The molecule has 21 heavy (non-hydrogen) atoms. The van der Waals surface area contributed by atoms with Gasteiger partial charge in [-0.05, 0) is 24.8 Å². The predicted molar refractivity (Wildman–Crippen MR) is 82.2 cm³/mol. The number of hydroxylamine groups is 1. The highest BCUT2D eigenvalue weighted by Gasteiger charge is 2.15. The van der Waals surface area contributed by atoms with Crippen molar-refractivity contribution in [1.29, 1.82) is 0 Å². The SMILES string of the molecule is CNO.Cn1cc(C=O)cc1CCC1CCCC1.NC=O. The lowest BCUT2D eigenvalue weighted by molar-refractivity contribution is -0.106. The van der Waals surface area contributed by atoms with Gasteiger partial charge in [0.15, 0.2) is 6.29 Å². The summed E-state index contributed by atoms with van der Waals surface area (Å²) in [6, 6.07) is 2.02. The molecule has 0 spiro atoms. The summed E-state index contributed by atoms with van der Waals surface area (Å²) in [7, 11) is 3.46. The van der Waals surface area contributed by atoms with Crippen LogP contribution in [0.4, 0.5) is 0 Å². The van der Waals surface area contributed by atoms with Gasteiger partial charge in [0.2, 0.25) is 6.41 Å². The van der Waals surface area contributed by atoms with E-state index >= 15 is 0 Å². The minimum Gasteiger partial charge on any atom is -0.372 e. The van der Waals surface area contributed by atoms with Crippen LogP contribution in [0.5, 0.6) is 0 Å². The topological polar surface area (TPSA) is 97.3 Å². The van der Waals surface area contributed by atoms with E-state index in [0.29, 0.717) is 0 Å². The Morgan fingerprint density at radius 2 is 1.95 bits per heavy atom. The maximum atomic E-state index is 10.6. The lowest BCUT2D eigenvalue weighted by atomic mass is 10.0. The zero-order chi connectivity index (χ0) is 16.1. The third kappa shape index (κ3) is 8.27. The van der Waals surface area contributed by atoms with E-state index in [2.05, 4.69) is 10.3 Å². The molecule has 1 heterocycles. The summed E-state index contributed by atoms with van der Waals surface area (Å²) in [6.07, 6.45) is 11.1. The molecule has 120 valence electrons. The lowest BCUT2D eigenvalue weighted by Crippen LogP contribution is -2.00. The van der Waals surface area contributed by atoms with Gasteiger partial charge in [0, 0.05) is 31.5 Å². The minimum atomic E-state index is 0.250. The molecule has 1 aromatic rings. The first-order chi connectivity index (χ1) is 10.1. The number of hydrogen-bond acceptors (Lipinski definition) is 4. The number of nitrogens with two attached hydrogens (primary N) is 1. The highest BCUT2D eigenvalue weighted by molar-refractivity contribution is 5.74. The van der Waals surface area contributed by atoms with E-state index in [1.54, 1.807) is 5.48 Å². The molecule has 1 aromatic heterocycles. The fourth-order valence-corrected chi connectivity index (χ4v) is 2.60. The molecule has 1 saturated carbocycles. The first kappa shape index (κ1) is 19.3. The number of aromatic nitrogens is 1. The van der Waals surface area contributed by atoms with Crippen LogP contribution in [0.25, 0.3) is 0 Å². The van der Waals surface area contributed by atoms with Crippen molar-refractivity contribution in [2.75, 3.05) is 7.05 Å². The van der Waals surface area contributed by atoms with Crippen LogP contribution in [0, 0.1) is 5.92 Å². The first-order valence-electron chi connectivity index (χ1n) is 7.19. The molecule has 0 aromatic carbocycles. The van der Waals surface area contributed by atoms with E-state index in [-0.39, 0.29) is 6.41 Å². The molecule has 2 rings (SSSR count). The van der Waals surface area contributed by atoms with Crippen LogP contribution in [-0.4, -0.2) is 29.5 Å². The number of nitrogens with one attached hydrogen (secondary N) is 1. The molecular weight excluding hydrogens is 270 g/mol. The zero-order valence-corrected chi connectivity index (χ0v) is 12.9. The van der Waals surface area contributed by atoms with Crippen molar-refractivity contribution in [2.45, 2.75) is 38.5 Å². The molecule has 0 aliphatic heterocycles. The van der Waals surface area contributed by atoms with Gasteiger partial charge in [-0.1, -0.05) is 25.7 Å². The van der Waals surface area contributed by atoms with Crippen molar-refractivity contribution < 1.29 is 14.8 Å². The second-order valence-electron chi connectivity index (χ2n) is 5.04. The lowest BCUT2D eigenvalue weighted by Gasteiger charge is -2.08. The van der Waals surface area contributed by atoms with Crippen molar-refractivity contribution >= 4 is 12.7 Å². The summed E-state index contributed by atoms with van der Waals surface area (Å²) >= 11 is 0. The highest BCUT2D eigenvalue weighted by Crippen LogP contribution is 2.28. The van der Waals surface area contributed by atoms with Crippen molar-refractivity contribution in [2.24, 2.45) is 18.7 Å². The van der Waals surface area contributed by atoms with Gasteiger partial charge in [-0.15, -0.1) is 0 Å². The molecule has 0 radical (unpaired) electrons. The summed E-state index contributed by atoms with van der Waals surface area (Å²) in [5.74, 6) is 0.930.